The molecule has 16 heavy (non-hydrogen) atoms. The molecular formula is C12H15BrINO. The Kier molecular flexibility index (Phi) is 5.06. The van der Waals surface area contributed by atoms with Crippen molar-refractivity contribution in [2.75, 3.05) is 25.1 Å². The number of rotatable bonds is 3. The van der Waals surface area contributed by atoms with Gasteiger partial charge in [-0.3, -0.25) is 4.90 Å². The first-order chi connectivity index (χ1) is 7.79. The van der Waals surface area contributed by atoms with Crippen LogP contribution in [-0.4, -0.2) is 36.0 Å². The topological polar surface area (TPSA) is 12.5 Å². The average molecular weight is 396 g/mol. The van der Waals surface area contributed by atoms with Gasteiger partial charge in [0, 0.05) is 28.0 Å². The average Bonchev–Trinajstić information content (AvgIpc) is 2.33. The standard InChI is InChI=1S/C12H15BrINO/c13-7-12-9-16-6-5-15(12)8-10-1-3-11(14)4-2-10/h1-4,12H,5-9H2. The van der Waals surface area contributed by atoms with Crippen LogP contribution in [0.4, 0.5) is 0 Å². The van der Waals surface area contributed by atoms with E-state index in [2.05, 4.69) is 67.7 Å². The second-order valence-corrected chi connectivity index (χ2v) is 5.87. The molecule has 0 amide bonds. The third-order valence-electron chi connectivity index (χ3n) is 2.83. The zero-order chi connectivity index (χ0) is 11.4. The Labute approximate surface area is 119 Å². The van der Waals surface area contributed by atoms with Gasteiger partial charge in [-0.15, -0.1) is 0 Å². The summed E-state index contributed by atoms with van der Waals surface area (Å²) >= 11 is 5.89. The van der Waals surface area contributed by atoms with E-state index in [0.717, 1.165) is 31.6 Å². The Morgan fingerprint density at radius 2 is 2.12 bits per heavy atom. The fourth-order valence-corrected chi connectivity index (χ4v) is 2.82. The third kappa shape index (κ3) is 3.42. The van der Waals surface area contributed by atoms with Crippen molar-refractivity contribution < 1.29 is 4.74 Å². The molecule has 1 aliphatic rings. The molecule has 0 saturated carbocycles. The van der Waals surface area contributed by atoms with Crippen LogP contribution in [0.5, 0.6) is 0 Å². The molecule has 1 heterocycles. The highest BCUT2D eigenvalue weighted by molar-refractivity contribution is 14.1. The molecule has 0 aromatic heterocycles. The first kappa shape index (κ1) is 12.8. The summed E-state index contributed by atoms with van der Waals surface area (Å²) in [6, 6.07) is 9.26. The predicted molar refractivity (Wildman–Crippen MR) is 78.0 cm³/mol. The highest BCUT2D eigenvalue weighted by atomic mass is 127. The summed E-state index contributed by atoms with van der Waals surface area (Å²) in [6.07, 6.45) is 0. The number of morpholine rings is 1. The van der Waals surface area contributed by atoms with Gasteiger partial charge in [-0.2, -0.15) is 0 Å². The number of hydrogen-bond acceptors (Lipinski definition) is 2. The van der Waals surface area contributed by atoms with Crippen molar-refractivity contribution >= 4 is 38.5 Å². The van der Waals surface area contributed by atoms with Crippen LogP contribution in [0.25, 0.3) is 0 Å². The molecule has 0 spiro atoms. The summed E-state index contributed by atoms with van der Waals surface area (Å²) in [4.78, 5) is 2.49. The predicted octanol–water partition coefficient (Wildman–Crippen LogP) is 2.89. The molecule has 2 rings (SSSR count). The smallest absolute Gasteiger partial charge is 0.0630 e. The van der Waals surface area contributed by atoms with Gasteiger partial charge in [0.2, 0.25) is 0 Å². The van der Waals surface area contributed by atoms with E-state index in [1.54, 1.807) is 0 Å². The first-order valence-corrected chi connectivity index (χ1v) is 7.62. The lowest BCUT2D eigenvalue weighted by Crippen LogP contribution is -2.45. The maximum Gasteiger partial charge on any atom is 0.0630 e. The van der Waals surface area contributed by atoms with E-state index in [0.29, 0.717) is 6.04 Å². The Bertz CT molecular complexity index is 330. The SMILES string of the molecule is BrCC1COCCN1Cc1ccc(I)cc1. The Morgan fingerprint density at radius 1 is 1.38 bits per heavy atom. The molecular weight excluding hydrogens is 381 g/mol. The lowest BCUT2D eigenvalue weighted by molar-refractivity contribution is -0.00212. The van der Waals surface area contributed by atoms with E-state index in [1.807, 2.05) is 0 Å². The third-order valence-corrected chi connectivity index (χ3v) is 4.29. The van der Waals surface area contributed by atoms with Crippen LogP contribution in [0.15, 0.2) is 24.3 Å². The molecule has 1 saturated heterocycles. The number of ether oxygens (including phenoxy) is 1. The molecule has 1 fully saturated rings. The molecule has 1 aliphatic heterocycles. The fraction of sp³-hybridized carbons (Fsp3) is 0.500. The van der Waals surface area contributed by atoms with Crippen LogP contribution in [-0.2, 0) is 11.3 Å². The monoisotopic (exact) mass is 395 g/mol. The van der Waals surface area contributed by atoms with Gasteiger partial charge in [-0.1, -0.05) is 28.1 Å². The summed E-state index contributed by atoms with van der Waals surface area (Å²) in [5.41, 5.74) is 1.38. The van der Waals surface area contributed by atoms with Gasteiger partial charge in [0.25, 0.3) is 0 Å². The number of nitrogens with zero attached hydrogens (tertiary/aromatic N) is 1. The number of alkyl halides is 1. The molecule has 1 aromatic carbocycles. The van der Waals surface area contributed by atoms with Crippen molar-refractivity contribution in [1.29, 1.82) is 0 Å². The fourth-order valence-electron chi connectivity index (χ4n) is 1.86. The number of benzene rings is 1. The van der Waals surface area contributed by atoms with Crippen molar-refractivity contribution in [3.05, 3.63) is 33.4 Å². The molecule has 0 N–H and O–H groups in total. The minimum Gasteiger partial charge on any atom is -0.378 e. The van der Waals surface area contributed by atoms with E-state index < -0.39 is 0 Å². The van der Waals surface area contributed by atoms with E-state index in [-0.39, 0.29) is 0 Å². The van der Waals surface area contributed by atoms with E-state index in [4.69, 9.17) is 4.74 Å². The summed E-state index contributed by atoms with van der Waals surface area (Å²) in [5.74, 6) is 0. The van der Waals surface area contributed by atoms with E-state index in [9.17, 15) is 0 Å². The van der Waals surface area contributed by atoms with Crippen molar-refractivity contribution in [2.45, 2.75) is 12.6 Å². The van der Waals surface area contributed by atoms with Crippen molar-refractivity contribution in [2.24, 2.45) is 0 Å². The molecule has 0 aliphatic carbocycles. The Morgan fingerprint density at radius 3 is 2.81 bits per heavy atom. The summed E-state index contributed by atoms with van der Waals surface area (Å²) in [5, 5.41) is 0.984. The molecule has 1 atom stereocenters. The van der Waals surface area contributed by atoms with Crippen molar-refractivity contribution in [3.63, 3.8) is 0 Å². The maximum absolute atomic E-state index is 5.49. The molecule has 1 unspecified atom stereocenters. The maximum atomic E-state index is 5.49. The largest absolute Gasteiger partial charge is 0.378 e. The van der Waals surface area contributed by atoms with Gasteiger partial charge in [0.05, 0.1) is 13.2 Å². The molecule has 1 aromatic rings. The molecule has 4 heteroatoms. The zero-order valence-electron chi connectivity index (χ0n) is 9.03. The first-order valence-electron chi connectivity index (χ1n) is 5.42. The van der Waals surface area contributed by atoms with Gasteiger partial charge >= 0.3 is 0 Å². The minimum atomic E-state index is 0.507. The van der Waals surface area contributed by atoms with Gasteiger partial charge in [0.15, 0.2) is 0 Å². The Hall–Kier alpha value is 0.350. The minimum absolute atomic E-state index is 0.507. The Balaban J connectivity index is 1.99. The molecule has 0 radical (unpaired) electrons. The molecule has 88 valence electrons. The van der Waals surface area contributed by atoms with Gasteiger partial charge in [-0.25, -0.2) is 0 Å². The number of halogens is 2. The van der Waals surface area contributed by atoms with Crippen LogP contribution in [0.1, 0.15) is 5.56 Å². The van der Waals surface area contributed by atoms with Gasteiger partial charge in [-0.05, 0) is 40.3 Å². The second kappa shape index (κ2) is 6.33. The van der Waals surface area contributed by atoms with Gasteiger partial charge < -0.3 is 4.74 Å². The van der Waals surface area contributed by atoms with Crippen LogP contribution >= 0.6 is 38.5 Å². The van der Waals surface area contributed by atoms with Crippen LogP contribution in [0, 0.1) is 3.57 Å². The van der Waals surface area contributed by atoms with Crippen molar-refractivity contribution in [3.8, 4) is 0 Å². The molecule has 0 bridgehead atoms. The normalized spacial score (nSPS) is 22.2. The zero-order valence-corrected chi connectivity index (χ0v) is 12.8. The highest BCUT2D eigenvalue weighted by Crippen LogP contribution is 2.15. The van der Waals surface area contributed by atoms with Gasteiger partial charge in [0.1, 0.15) is 0 Å². The van der Waals surface area contributed by atoms with Crippen LogP contribution in [0.3, 0.4) is 0 Å². The quantitative estimate of drug-likeness (QED) is 0.576. The van der Waals surface area contributed by atoms with E-state index in [1.165, 1.54) is 9.13 Å². The summed E-state index contributed by atoms with van der Waals surface area (Å²) in [7, 11) is 0. The van der Waals surface area contributed by atoms with Crippen molar-refractivity contribution in [1.82, 2.24) is 4.90 Å². The highest BCUT2D eigenvalue weighted by Gasteiger charge is 2.21. The summed E-state index contributed by atoms with van der Waals surface area (Å²) < 4.78 is 6.78. The lowest BCUT2D eigenvalue weighted by atomic mass is 10.1. The second-order valence-electron chi connectivity index (χ2n) is 3.98. The van der Waals surface area contributed by atoms with Crippen LogP contribution in [0.2, 0.25) is 0 Å². The van der Waals surface area contributed by atoms with Crippen LogP contribution < -0.4 is 0 Å². The lowest BCUT2D eigenvalue weighted by Gasteiger charge is -2.34. The molecule has 2 nitrogen and oxygen atoms in total. The van der Waals surface area contributed by atoms with E-state index >= 15 is 0 Å². The summed E-state index contributed by atoms with van der Waals surface area (Å²) in [6.45, 7) is 3.75. The number of hydrogen-bond donors (Lipinski definition) is 0.